The molecule has 11 aromatic rings. The summed E-state index contributed by atoms with van der Waals surface area (Å²) in [6, 6.07) is 61.3. The summed E-state index contributed by atoms with van der Waals surface area (Å²) < 4.78 is 5.21. The van der Waals surface area contributed by atoms with E-state index in [0.717, 1.165) is 38.9 Å². The predicted octanol–water partition coefficient (Wildman–Crippen LogP) is 14.2. The SMILES string of the molecule is c1ccc(-c2nc(-c3cc(-c4cccc5c4sc4ccccc45)cc(-c4cccc5c4sc4ccccc45)c3)c3ccc4ccccc4c3n2)cc1. The molecule has 11 rings (SSSR count). The Kier molecular flexibility index (Phi) is 6.63. The van der Waals surface area contributed by atoms with Crippen molar-refractivity contribution in [2.45, 2.75) is 0 Å². The van der Waals surface area contributed by atoms with E-state index < -0.39 is 0 Å². The van der Waals surface area contributed by atoms with Gasteiger partial charge in [-0.05, 0) is 64.0 Å². The zero-order valence-corrected chi connectivity index (χ0v) is 29.5. The average molecular weight is 697 g/mol. The van der Waals surface area contributed by atoms with Crippen molar-refractivity contribution < 1.29 is 0 Å². The van der Waals surface area contributed by atoms with E-state index in [0.29, 0.717) is 0 Å². The summed E-state index contributed by atoms with van der Waals surface area (Å²) in [5.74, 6) is 0.727. The van der Waals surface area contributed by atoms with Gasteiger partial charge in [0.25, 0.3) is 0 Å². The minimum Gasteiger partial charge on any atom is -0.227 e. The number of rotatable bonds is 4. The minimum atomic E-state index is 0.727. The second-order valence-electron chi connectivity index (χ2n) is 13.3. The Balaban J connectivity index is 1.25. The van der Waals surface area contributed by atoms with Crippen LogP contribution in [0.15, 0.2) is 170 Å². The van der Waals surface area contributed by atoms with Crippen LogP contribution in [0.4, 0.5) is 0 Å². The van der Waals surface area contributed by atoms with Crippen LogP contribution in [-0.4, -0.2) is 9.97 Å². The van der Waals surface area contributed by atoms with E-state index in [9.17, 15) is 0 Å². The summed E-state index contributed by atoms with van der Waals surface area (Å²) in [6.45, 7) is 0. The van der Waals surface area contributed by atoms with Gasteiger partial charge in [0.05, 0.1) is 11.2 Å². The molecule has 0 N–H and O–H groups in total. The van der Waals surface area contributed by atoms with Crippen LogP contribution in [0.1, 0.15) is 0 Å². The molecule has 2 nitrogen and oxygen atoms in total. The zero-order chi connectivity index (χ0) is 34.2. The maximum absolute atomic E-state index is 5.41. The molecule has 0 bridgehead atoms. The van der Waals surface area contributed by atoms with E-state index in [-0.39, 0.29) is 0 Å². The maximum Gasteiger partial charge on any atom is 0.160 e. The molecule has 8 aromatic carbocycles. The molecular weight excluding hydrogens is 669 g/mol. The smallest absolute Gasteiger partial charge is 0.160 e. The monoisotopic (exact) mass is 696 g/mol. The highest BCUT2D eigenvalue weighted by Gasteiger charge is 2.19. The van der Waals surface area contributed by atoms with E-state index in [4.69, 9.17) is 9.97 Å². The third-order valence-electron chi connectivity index (χ3n) is 10.3. The molecule has 0 aliphatic heterocycles. The van der Waals surface area contributed by atoms with Gasteiger partial charge in [0.15, 0.2) is 5.82 Å². The van der Waals surface area contributed by atoms with Gasteiger partial charge in [0.1, 0.15) is 0 Å². The topological polar surface area (TPSA) is 25.8 Å². The molecule has 242 valence electrons. The van der Waals surface area contributed by atoms with E-state index in [2.05, 4.69) is 164 Å². The molecule has 0 aliphatic carbocycles. The first-order chi connectivity index (χ1) is 25.8. The number of benzene rings is 8. The largest absolute Gasteiger partial charge is 0.227 e. The predicted molar refractivity (Wildman–Crippen MR) is 225 cm³/mol. The van der Waals surface area contributed by atoms with Gasteiger partial charge >= 0.3 is 0 Å². The Morgan fingerprint density at radius 3 is 1.54 bits per heavy atom. The van der Waals surface area contributed by atoms with Gasteiger partial charge in [-0.15, -0.1) is 22.7 Å². The van der Waals surface area contributed by atoms with Crippen molar-refractivity contribution >= 4 is 84.7 Å². The Hall–Kier alpha value is -6.20. The zero-order valence-electron chi connectivity index (χ0n) is 27.9. The summed E-state index contributed by atoms with van der Waals surface area (Å²) in [7, 11) is 0. The molecule has 0 aliphatic rings. The Morgan fingerprint density at radius 2 is 0.885 bits per heavy atom. The van der Waals surface area contributed by atoms with E-state index in [1.54, 1.807) is 0 Å². The van der Waals surface area contributed by atoms with Crippen molar-refractivity contribution in [3.05, 3.63) is 170 Å². The first-order valence-corrected chi connectivity index (χ1v) is 19.1. The number of hydrogen-bond donors (Lipinski definition) is 0. The van der Waals surface area contributed by atoms with Gasteiger partial charge in [-0.1, -0.05) is 133 Å². The lowest BCUT2D eigenvalue weighted by atomic mass is 9.92. The van der Waals surface area contributed by atoms with Crippen LogP contribution in [0.25, 0.3) is 107 Å². The molecular formula is C48H28N2S2. The highest BCUT2D eigenvalue weighted by atomic mass is 32.1. The Morgan fingerprint density at radius 1 is 0.346 bits per heavy atom. The number of nitrogens with zero attached hydrogens (tertiary/aromatic N) is 2. The molecule has 4 heteroatoms. The molecule has 0 spiro atoms. The number of fused-ring (bicyclic) bond motifs is 9. The molecule has 52 heavy (non-hydrogen) atoms. The molecule has 0 saturated carbocycles. The lowest BCUT2D eigenvalue weighted by molar-refractivity contribution is 1.23. The van der Waals surface area contributed by atoms with Crippen LogP contribution in [0, 0.1) is 0 Å². The highest BCUT2D eigenvalue weighted by Crippen LogP contribution is 2.45. The van der Waals surface area contributed by atoms with Crippen LogP contribution in [0.3, 0.4) is 0 Å². The molecule has 3 heterocycles. The van der Waals surface area contributed by atoms with Gasteiger partial charge in [-0.2, -0.15) is 0 Å². The van der Waals surface area contributed by atoms with Gasteiger partial charge < -0.3 is 0 Å². The van der Waals surface area contributed by atoms with Gasteiger partial charge in [0.2, 0.25) is 0 Å². The number of hydrogen-bond acceptors (Lipinski definition) is 4. The van der Waals surface area contributed by atoms with Crippen molar-refractivity contribution in [3.8, 4) is 44.9 Å². The lowest BCUT2D eigenvalue weighted by Gasteiger charge is -2.15. The molecule has 0 atom stereocenters. The number of thiophene rings is 2. The standard InChI is InChI=1S/C48H28N2S2/c1-2-13-30(14-3-1)48-49-44(41-25-24-29-12-4-5-15-34(29)45(41)50-48)33-27-31(35-18-10-20-39-37-16-6-8-22-42(37)51-46(35)39)26-32(28-33)36-19-11-21-40-38-17-7-9-23-43(38)52-47(36)40/h1-28H. The second-order valence-corrected chi connectivity index (χ2v) is 15.4. The minimum absolute atomic E-state index is 0.727. The van der Waals surface area contributed by atoms with E-state index in [1.807, 2.05) is 28.7 Å². The normalized spacial score (nSPS) is 11.8. The van der Waals surface area contributed by atoms with Crippen molar-refractivity contribution in [1.29, 1.82) is 0 Å². The van der Waals surface area contributed by atoms with Crippen LogP contribution < -0.4 is 0 Å². The Bertz CT molecular complexity index is 3060. The average Bonchev–Trinajstić information content (AvgIpc) is 3.79. The summed E-state index contributed by atoms with van der Waals surface area (Å²) >= 11 is 3.74. The summed E-state index contributed by atoms with van der Waals surface area (Å²) in [6.07, 6.45) is 0. The van der Waals surface area contributed by atoms with Gasteiger partial charge in [-0.3, -0.25) is 0 Å². The summed E-state index contributed by atoms with van der Waals surface area (Å²) in [4.78, 5) is 10.6. The van der Waals surface area contributed by atoms with Crippen molar-refractivity contribution in [2.24, 2.45) is 0 Å². The second kappa shape index (κ2) is 11.7. The van der Waals surface area contributed by atoms with E-state index in [1.165, 1.54) is 68.0 Å². The first kappa shape index (κ1) is 29.5. The fourth-order valence-corrected chi connectivity index (χ4v) is 10.3. The van der Waals surface area contributed by atoms with Gasteiger partial charge in [-0.25, -0.2) is 9.97 Å². The number of aromatic nitrogens is 2. The maximum atomic E-state index is 5.41. The first-order valence-electron chi connectivity index (χ1n) is 17.5. The molecule has 0 amide bonds. The van der Waals surface area contributed by atoms with Crippen LogP contribution in [-0.2, 0) is 0 Å². The summed E-state index contributed by atoms with van der Waals surface area (Å²) in [5.41, 5.74) is 8.79. The third kappa shape index (κ3) is 4.62. The lowest BCUT2D eigenvalue weighted by Crippen LogP contribution is -1.97. The van der Waals surface area contributed by atoms with Crippen LogP contribution in [0.2, 0.25) is 0 Å². The fourth-order valence-electron chi connectivity index (χ4n) is 7.82. The van der Waals surface area contributed by atoms with E-state index >= 15 is 0 Å². The molecule has 0 unspecified atom stereocenters. The van der Waals surface area contributed by atoms with Gasteiger partial charge in [0, 0.05) is 62.2 Å². The molecule has 0 fully saturated rings. The highest BCUT2D eigenvalue weighted by molar-refractivity contribution is 7.26. The molecule has 3 aromatic heterocycles. The molecule has 0 saturated heterocycles. The van der Waals surface area contributed by atoms with Crippen molar-refractivity contribution in [1.82, 2.24) is 9.97 Å². The van der Waals surface area contributed by atoms with Crippen molar-refractivity contribution in [2.75, 3.05) is 0 Å². The van der Waals surface area contributed by atoms with Crippen LogP contribution in [0.5, 0.6) is 0 Å². The van der Waals surface area contributed by atoms with Crippen LogP contribution >= 0.6 is 22.7 Å². The molecule has 0 radical (unpaired) electrons. The fraction of sp³-hybridized carbons (Fsp3) is 0. The quantitative estimate of drug-likeness (QED) is 0.171. The Labute approximate surface area is 307 Å². The third-order valence-corrected chi connectivity index (χ3v) is 12.7. The van der Waals surface area contributed by atoms with Crippen molar-refractivity contribution in [3.63, 3.8) is 0 Å². The summed E-state index contributed by atoms with van der Waals surface area (Å²) in [5, 5.41) is 8.53.